The molecule has 0 radical (unpaired) electrons. The smallest absolute Gasteiger partial charge is 0.250 e. The molecule has 0 saturated heterocycles. The second kappa shape index (κ2) is 10.7. The Morgan fingerprint density at radius 3 is 2.35 bits per heavy atom. The van der Waals surface area contributed by atoms with Gasteiger partial charge in [-0.3, -0.25) is 19.9 Å². The van der Waals surface area contributed by atoms with Gasteiger partial charge in [0.2, 0.25) is 5.91 Å². The van der Waals surface area contributed by atoms with Crippen LogP contribution in [0, 0.1) is 6.92 Å². The number of fused-ring (bicyclic) bond motifs is 1. The molecule has 1 heterocycles. The highest BCUT2D eigenvalue weighted by molar-refractivity contribution is 6.31. The fourth-order valence-electron chi connectivity index (χ4n) is 3.65. The summed E-state index contributed by atoms with van der Waals surface area (Å²) in [4.78, 5) is 27.3. The van der Waals surface area contributed by atoms with Crippen LogP contribution in [0.5, 0.6) is 0 Å². The molecule has 1 aliphatic rings. The summed E-state index contributed by atoms with van der Waals surface area (Å²) in [7, 11) is 3.61. The number of rotatable bonds is 9. The lowest BCUT2D eigenvalue weighted by atomic mass is 10.1. The van der Waals surface area contributed by atoms with Crippen molar-refractivity contribution in [3.8, 4) is 0 Å². The van der Waals surface area contributed by atoms with Gasteiger partial charge in [0.15, 0.2) is 0 Å². The van der Waals surface area contributed by atoms with Gasteiger partial charge in [-0.15, -0.1) is 0 Å². The van der Waals surface area contributed by atoms with E-state index in [-0.39, 0.29) is 24.9 Å². The number of nitrogens with one attached hydrogen (secondary N) is 2. The Bertz CT molecular complexity index is 911. The number of carbonyl (C=O) groups is 2. The van der Waals surface area contributed by atoms with E-state index in [1.54, 1.807) is 23.0 Å². The molecule has 0 saturated carbocycles. The highest BCUT2D eigenvalue weighted by Gasteiger charge is 2.25. The molecule has 31 heavy (non-hydrogen) atoms. The number of benzene rings is 2. The summed E-state index contributed by atoms with van der Waals surface area (Å²) < 4.78 is 0. The van der Waals surface area contributed by atoms with Gasteiger partial charge in [0.05, 0.1) is 13.1 Å². The fraction of sp³-hybridized carbons (Fsp3) is 0.391. The van der Waals surface area contributed by atoms with Crippen molar-refractivity contribution in [1.29, 1.82) is 0 Å². The average molecular weight is 444 g/mol. The number of halogens is 1. The molecule has 1 aliphatic heterocycles. The lowest BCUT2D eigenvalue weighted by molar-refractivity contribution is -0.145. The minimum atomic E-state index is -0.107. The highest BCUT2D eigenvalue weighted by Crippen LogP contribution is 2.25. The quantitative estimate of drug-likeness (QED) is 0.621. The molecule has 0 aliphatic carbocycles. The lowest BCUT2D eigenvalue weighted by Crippen LogP contribution is -2.47. The van der Waals surface area contributed by atoms with Gasteiger partial charge in [-0.1, -0.05) is 41.9 Å². The van der Waals surface area contributed by atoms with Crippen LogP contribution in [-0.2, 0) is 22.7 Å². The van der Waals surface area contributed by atoms with Crippen LogP contribution in [-0.4, -0.2) is 62.1 Å². The third-order valence-corrected chi connectivity index (χ3v) is 5.75. The molecule has 0 unspecified atom stereocenters. The molecule has 2 aromatic carbocycles. The van der Waals surface area contributed by atoms with Crippen LogP contribution in [0.2, 0.25) is 5.02 Å². The minimum Gasteiger partial charge on any atom is -0.318 e. The van der Waals surface area contributed by atoms with E-state index < -0.39 is 0 Å². The first-order chi connectivity index (χ1) is 14.9. The van der Waals surface area contributed by atoms with E-state index >= 15 is 0 Å². The van der Waals surface area contributed by atoms with Crippen LogP contribution in [0.3, 0.4) is 0 Å². The second-order valence-corrected chi connectivity index (χ2v) is 8.13. The van der Waals surface area contributed by atoms with Crippen molar-refractivity contribution in [2.75, 3.05) is 45.2 Å². The average Bonchev–Trinajstić information content (AvgIpc) is 3.20. The van der Waals surface area contributed by atoms with Gasteiger partial charge >= 0.3 is 0 Å². The van der Waals surface area contributed by atoms with E-state index in [0.29, 0.717) is 31.2 Å². The van der Waals surface area contributed by atoms with E-state index in [2.05, 4.69) is 22.8 Å². The van der Waals surface area contributed by atoms with E-state index in [1.165, 1.54) is 11.1 Å². The normalized spacial score (nSPS) is 13.2. The molecular weight excluding hydrogens is 414 g/mol. The van der Waals surface area contributed by atoms with Gasteiger partial charge in [-0.05, 0) is 42.8 Å². The lowest BCUT2D eigenvalue weighted by Gasteiger charge is -2.28. The molecule has 2 N–H and O–H groups in total. The zero-order chi connectivity index (χ0) is 22.4. The Morgan fingerprint density at radius 2 is 1.71 bits per heavy atom. The largest absolute Gasteiger partial charge is 0.318 e. The van der Waals surface area contributed by atoms with Crippen molar-refractivity contribution >= 4 is 29.1 Å². The maximum atomic E-state index is 12.9. The maximum absolute atomic E-state index is 12.9. The highest BCUT2D eigenvalue weighted by atomic mass is 35.5. The molecule has 8 heteroatoms. The Hall–Kier alpha value is -2.45. The second-order valence-electron chi connectivity index (χ2n) is 7.69. The van der Waals surface area contributed by atoms with Crippen LogP contribution >= 0.6 is 11.6 Å². The monoisotopic (exact) mass is 443 g/mol. The van der Waals surface area contributed by atoms with Gasteiger partial charge in [0, 0.05) is 43.9 Å². The molecule has 0 spiro atoms. The number of carbonyl (C=O) groups excluding carboxylic acids is 2. The van der Waals surface area contributed by atoms with E-state index in [4.69, 9.17) is 11.6 Å². The maximum Gasteiger partial charge on any atom is 0.250 e. The van der Waals surface area contributed by atoms with E-state index in [0.717, 1.165) is 11.3 Å². The molecule has 0 aromatic heterocycles. The molecule has 0 atom stereocenters. The van der Waals surface area contributed by atoms with Crippen molar-refractivity contribution < 1.29 is 9.59 Å². The van der Waals surface area contributed by atoms with Crippen LogP contribution in [0.1, 0.15) is 16.7 Å². The zero-order valence-corrected chi connectivity index (χ0v) is 19.1. The number of hydrazine groups is 1. The van der Waals surface area contributed by atoms with Crippen LogP contribution in [0.4, 0.5) is 5.69 Å². The fourth-order valence-corrected chi connectivity index (χ4v) is 3.81. The SMILES string of the molecule is CNCCN(C(=O)CNCC(=O)N(C)N1Cc2ccccc2C1)c1cc(Cl)ccc1C. The van der Waals surface area contributed by atoms with Crippen molar-refractivity contribution in [3.63, 3.8) is 0 Å². The van der Waals surface area contributed by atoms with Crippen LogP contribution in [0.15, 0.2) is 42.5 Å². The van der Waals surface area contributed by atoms with Crippen LogP contribution in [0.25, 0.3) is 0 Å². The first-order valence-corrected chi connectivity index (χ1v) is 10.8. The van der Waals surface area contributed by atoms with Gasteiger partial charge in [0.25, 0.3) is 5.91 Å². The molecule has 166 valence electrons. The number of aryl methyl sites for hydroxylation is 1. The summed E-state index contributed by atoms with van der Waals surface area (Å²) in [6.45, 7) is 4.68. The standard InChI is InChI=1S/C23H30ClN5O2/c1-17-8-9-20(24)12-21(17)29(11-10-25-2)23(31)14-26-13-22(30)27(3)28-15-18-6-4-5-7-19(18)16-28/h4-9,12,25-26H,10-11,13-16H2,1-3H3. The Labute approximate surface area is 188 Å². The molecule has 7 nitrogen and oxygen atoms in total. The van der Waals surface area contributed by atoms with Crippen LogP contribution < -0.4 is 15.5 Å². The first kappa shape index (κ1) is 23.2. The Kier molecular flexibility index (Phi) is 8.03. The number of likely N-dealkylation sites (N-methyl/N-ethyl adjacent to an activating group) is 2. The Morgan fingerprint density at radius 1 is 1.06 bits per heavy atom. The summed E-state index contributed by atoms with van der Waals surface area (Å²) in [5.41, 5.74) is 4.23. The van der Waals surface area contributed by atoms with Crippen molar-refractivity contribution in [2.24, 2.45) is 0 Å². The van der Waals surface area contributed by atoms with E-state index in [9.17, 15) is 9.59 Å². The topological polar surface area (TPSA) is 67.9 Å². The first-order valence-electron chi connectivity index (χ1n) is 10.4. The number of hydrogen-bond acceptors (Lipinski definition) is 5. The third-order valence-electron chi connectivity index (χ3n) is 5.51. The minimum absolute atomic E-state index is 0.0650. The molecule has 2 aromatic rings. The van der Waals surface area contributed by atoms with E-state index in [1.807, 2.05) is 43.2 Å². The zero-order valence-electron chi connectivity index (χ0n) is 18.3. The summed E-state index contributed by atoms with van der Waals surface area (Å²) in [5, 5.41) is 10.3. The molecular formula is C23H30ClN5O2. The number of nitrogens with zero attached hydrogens (tertiary/aromatic N) is 3. The van der Waals surface area contributed by atoms with Crippen molar-refractivity contribution in [1.82, 2.24) is 20.7 Å². The predicted octanol–water partition coefficient (Wildman–Crippen LogP) is 2.18. The number of anilines is 1. The van der Waals surface area contributed by atoms with Crippen molar-refractivity contribution in [3.05, 3.63) is 64.2 Å². The molecule has 2 amide bonds. The van der Waals surface area contributed by atoms with Gasteiger partial charge in [-0.2, -0.15) is 0 Å². The van der Waals surface area contributed by atoms with Crippen molar-refractivity contribution in [2.45, 2.75) is 20.0 Å². The van der Waals surface area contributed by atoms with Gasteiger partial charge < -0.3 is 10.2 Å². The number of amides is 2. The summed E-state index contributed by atoms with van der Waals surface area (Å²) in [5.74, 6) is -0.189. The Balaban J connectivity index is 1.54. The number of hydrogen-bond donors (Lipinski definition) is 2. The summed E-state index contributed by atoms with van der Waals surface area (Å²) in [6.07, 6.45) is 0. The summed E-state index contributed by atoms with van der Waals surface area (Å²) >= 11 is 6.15. The molecule has 0 fully saturated rings. The molecule has 3 rings (SSSR count). The van der Waals surface area contributed by atoms with Gasteiger partial charge in [0.1, 0.15) is 0 Å². The van der Waals surface area contributed by atoms with Gasteiger partial charge in [-0.25, -0.2) is 5.01 Å². The molecule has 0 bridgehead atoms. The summed E-state index contributed by atoms with van der Waals surface area (Å²) in [6, 6.07) is 13.7. The predicted molar refractivity (Wildman–Crippen MR) is 124 cm³/mol. The third kappa shape index (κ3) is 5.83.